The van der Waals surface area contributed by atoms with Crippen LogP contribution >= 0.6 is 0 Å². The van der Waals surface area contributed by atoms with Crippen LogP contribution in [0.15, 0.2) is 0 Å². The van der Waals surface area contributed by atoms with Gasteiger partial charge in [-0.15, -0.1) is 0 Å². The second-order valence-corrected chi connectivity index (χ2v) is 1.79. The second-order valence-electron chi connectivity index (χ2n) is 1.79. The minimum Gasteiger partial charge on any atom is -1.00 e. The summed E-state index contributed by atoms with van der Waals surface area (Å²) in [7, 11) is 0. The summed E-state index contributed by atoms with van der Waals surface area (Å²) in [6.07, 6.45) is -0.290. The number of hydrogen-bond donors (Lipinski definition) is 0. The molecule has 0 heterocycles. The predicted octanol–water partition coefficient (Wildman–Crippen LogP) is -2.57. The van der Waals surface area contributed by atoms with Crippen LogP contribution in [0.5, 0.6) is 0 Å². The topological polar surface area (TPSA) is 69.7 Å². The SMILES string of the molecule is C=O.CCOC(=O)CC(=O)OCC.[H-].[K+]. The Morgan fingerprint density at radius 3 is 1.57 bits per heavy atom. The van der Waals surface area contributed by atoms with Gasteiger partial charge in [0.15, 0.2) is 0 Å². The zero-order valence-electron chi connectivity index (χ0n) is 9.87. The number of ether oxygens (including phenoxy) is 2. The summed E-state index contributed by atoms with van der Waals surface area (Å²) < 4.78 is 9.04. The van der Waals surface area contributed by atoms with Crippen molar-refractivity contribution < 1.29 is 76.7 Å². The molecule has 0 spiro atoms. The molecule has 0 aromatic heterocycles. The number of carbonyl (C=O) groups is 3. The second kappa shape index (κ2) is 15.7. The van der Waals surface area contributed by atoms with Crippen molar-refractivity contribution in [1.82, 2.24) is 0 Å². The molecule has 0 atom stereocenters. The summed E-state index contributed by atoms with van der Waals surface area (Å²) in [4.78, 5) is 29.2. The Bertz CT molecular complexity index is 149. The maximum atomic E-state index is 10.6. The quantitative estimate of drug-likeness (QED) is 0.302. The van der Waals surface area contributed by atoms with Gasteiger partial charge >= 0.3 is 63.3 Å². The minimum absolute atomic E-state index is 0. The van der Waals surface area contributed by atoms with E-state index in [2.05, 4.69) is 9.47 Å². The van der Waals surface area contributed by atoms with Crippen LogP contribution in [0.1, 0.15) is 21.7 Å². The third-order valence-corrected chi connectivity index (χ3v) is 0.899. The number of esters is 2. The number of hydrogen-bond acceptors (Lipinski definition) is 5. The fourth-order valence-electron chi connectivity index (χ4n) is 0.542. The molecular weight excluding hydrogens is 215 g/mol. The van der Waals surface area contributed by atoms with Crippen LogP contribution in [0.2, 0.25) is 0 Å². The monoisotopic (exact) mass is 230 g/mol. The molecule has 0 N–H and O–H groups in total. The molecule has 0 aliphatic heterocycles. The zero-order chi connectivity index (χ0) is 10.7. The van der Waals surface area contributed by atoms with E-state index < -0.39 is 11.9 Å². The third kappa shape index (κ3) is 14.8. The minimum atomic E-state index is -0.536. The molecule has 0 aromatic carbocycles. The summed E-state index contributed by atoms with van der Waals surface area (Å²) in [5, 5.41) is 0. The summed E-state index contributed by atoms with van der Waals surface area (Å²) >= 11 is 0. The van der Waals surface area contributed by atoms with Gasteiger partial charge in [0.05, 0.1) is 13.2 Å². The van der Waals surface area contributed by atoms with E-state index in [0.717, 1.165) is 0 Å². The van der Waals surface area contributed by atoms with E-state index in [-0.39, 0.29) is 72.4 Å². The molecule has 0 radical (unpaired) electrons. The van der Waals surface area contributed by atoms with Gasteiger partial charge in [0.1, 0.15) is 13.2 Å². The van der Waals surface area contributed by atoms with Gasteiger partial charge in [-0.2, -0.15) is 0 Å². The molecule has 0 aromatic rings. The van der Waals surface area contributed by atoms with Crippen LogP contribution in [0, 0.1) is 0 Å². The first-order chi connectivity index (χ1) is 6.20. The Morgan fingerprint density at radius 1 is 1.07 bits per heavy atom. The molecule has 0 saturated carbocycles. The first-order valence-corrected chi connectivity index (χ1v) is 3.80. The molecule has 0 aliphatic carbocycles. The van der Waals surface area contributed by atoms with Gasteiger partial charge in [-0.25, -0.2) is 0 Å². The summed E-state index contributed by atoms with van der Waals surface area (Å²) in [5.74, 6) is -1.07. The summed E-state index contributed by atoms with van der Waals surface area (Å²) in [5.41, 5.74) is 0. The van der Waals surface area contributed by atoms with Gasteiger partial charge < -0.3 is 15.7 Å². The molecule has 0 amide bonds. The van der Waals surface area contributed by atoms with E-state index in [1.54, 1.807) is 13.8 Å². The van der Waals surface area contributed by atoms with E-state index in [0.29, 0.717) is 0 Å². The van der Waals surface area contributed by atoms with Crippen molar-refractivity contribution in [1.29, 1.82) is 0 Å². The molecule has 0 aliphatic rings. The van der Waals surface area contributed by atoms with Crippen molar-refractivity contribution >= 4 is 18.7 Å². The summed E-state index contributed by atoms with van der Waals surface area (Å²) in [6, 6.07) is 0. The first-order valence-electron chi connectivity index (χ1n) is 3.80. The van der Waals surface area contributed by atoms with Crippen LogP contribution in [0.25, 0.3) is 0 Å². The van der Waals surface area contributed by atoms with Gasteiger partial charge in [-0.1, -0.05) is 0 Å². The van der Waals surface area contributed by atoms with Crippen molar-refractivity contribution in [2.75, 3.05) is 13.2 Å². The maximum Gasteiger partial charge on any atom is 1.00 e. The summed E-state index contributed by atoms with van der Waals surface area (Å²) in [6.45, 7) is 5.95. The Hall–Kier alpha value is 0.246. The predicted molar refractivity (Wildman–Crippen MR) is 46.1 cm³/mol. The standard InChI is InChI=1S/C7H12O4.CH2O.K.H/c1-3-10-6(8)5-7(9)11-4-2;1-2;;/h3-5H2,1-2H3;1H2;;/q;;+1;-1. The zero-order valence-corrected chi connectivity index (χ0v) is 12.0. The van der Waals surface area contributed by atoms with Crippen LogP contribution in [-0.2, 0) is 23.9 Å². The van der Waals surface area contributed by atoms with Crippen molar-refractivity contribution in [3.8, 4) is 0 Å². The average molecular weight is 230 g/mol. The fourth-order valence-corrected chi connectivity index (χ4v) is 0.542. The largest absolute Gasteiger partial charge is 1.00 e. The molecule has 0 bridgehead atoms. The average Bonchev–Trinajstić information content (AvgIpc) is 2.08. The Kier molecular flexibility index (Phi) is 22.2. The number of rotatable bonds is 4. The van der Waals surface area contributed by atoms with Gasteiger partial charge in [-0.05, 0) is 13.8 Å². The first kappa shape index (κ1) is 19.8. The number of carbonyl (C=O) groups excluding carboxylic acids is 3. The maximum absolute atomic E-state index is 10.6. The van der Waals surface area contributed by atoms with E-state index >= 15 is 0 Å². The normalized spacial score (nSPS) is 7.29. The molecule has 14 heavy (non-hydrogen) atoms. The smallest absolute Gasteiger partial charge is 1.00 e. The van der Waals surface area contributed by atoms with Crippen molar-refractivity contribution in [3.05, 3.63) is 0 Å². The van der Waals surface area contributed by atoms with Crippen molar-refractivity contribution in [3.63, 3.8) is 0 Å². The van der Waals surface area contributed by atoms with Gasteiger partial charge in [-0.3, -0.25) is 9.59 Å². The van der Waals surface area contributed by atoms with E-state index in [4.69, 9.17) is 4.79 Å². The van der Waals surface area contributed by atoms with Gasteiger partial charge in [0.2, 0.25) is 0 Å². The van der Waals surface area contributed by atoms with E-state index in [9.17, 15) is 9.59 Å². The molecule has 0 fully saturated rings. The molecule has 0 saturated heterocycles. The third-order valence-electron chi connectivity index (χ3n) is 0.899. The van der Waals surface area contributed by atoms with Crippen LogP contribution in [0.3, 0.4) is 0 Å². The van der Waals surface area contributed by atoms with Crippen LogP contribution < -0.4 is 51.4 Å². The van der Waals surface area contributed by atoms with E-state index in [1.165, 1.54) is 0 Å². The molecular formula is C8H15KO5. The Morgan fingerprint density at radius 2 is 1.36 bits per heavy atom. The van der Waals surface area contributed by atoms with Crippen LogP contribution in [0.4, 0.5) is 0 Å². The van der Waals surface area contributed by atoms with Gasteiger partial charge in [0, 0.05) is 0 Å². The Balaban J connectivity index is -0.000000142. The Labute approximate surface area is 127 Å². The molecule has 5 nitrogen and oxygen atoms in total. The van der Waals surface area contributed by atoms with Crippen LogP contribution in [-0.4, -0.2) is 31.9 Å². The van der Waals surface area contributed by atoms with Crippen molar-refractivity contribution in [2.45, 2.75) is 20.3 Å². The molecule has 78 valence electrons. The molecule has 6 heteroatoms. The molecule has 0 unspecified atom stereocenters. The van der Waals surface area contributed by atoms with Gasteiger partial charge in [0.25, 0.3) is 0 Å². The van der Waals surface area contributed by atoms with Crippen molar-refractivity contribution in [2.24, 2.45) is 0 Å². The van der Waals surface area contributed by atoms with E-state index in [1.807, 2.05) is 6.79 Å². The molecule has 0 rings (SSSR count). The fraction of sp³-hybridized carbons (Fsp3) is 0.625.